The minimum absolute atomic E-state index is 0.124. The Hall–Kier alpha value is -3.36. The highest BCUT2D eigenvalue weighted by molar-refractivity contribution is 5.74. The first-order chi connectivity index (χ1) is 9.88. The largest absolute Gasteiger partial charge is 0.508 e. The van der Waals surface area contributed by atoms with Gasteiger partial charge >= 0.3 is 16.9 Å². The summed E-state index contributed by atoms with van der Waals surface area (Å²) in [5, 5.41) is 29.7. The van der Waals surface area contributed by atoms with Crippen molar-refractivity contribution in [2.24, 2.45) is 0 Å². The fraction of sp³-hybridized carbons (Fsp3) is 0. The molecular weight excluding hydrogens is 282 g/mol. The molecule has 2 rings (SSSR count). The first-order valence-electron chi connectivity index (χ1n) is 5.59. The molecule has 0 spiro atoms. The Labute approximate surface area is 116 Å². The van der Waals surface area contributed by atoms with Gasteiger partial charge in [0.2, 0.25) is 0 Å². The zero-order valence-electron chi connectivity index (χ0n) is 10.4. The Bertz CT molecular complexity index is 849. The minimum Gasteiger partial charge on any atom is -0.508 e. The molecule has 21 heavy (non-hydrogen) atoms. The van der Waals surface area contributed by atoms with Crippen molar-refractivity contribution in [1.82, 2.24) is 9.97 Å². The van der Waals surface area contributed by atoms with E-state index >= 15 is 0 Å². The fourth-order valence-corrected chi connectivity index (χ4v) is 1.65. The Balaban J connectivity index is 2.55. The molecule has 108 valence electrons. The van der Waals surface area contributed by atoms with Gasteiger partial charge in [0, 0.05) is 5.56 Å². The van der Waals surface area contributed by atoms with Crippen molar-refractivity contribution in [2.75, 3.05) is 0 Å². The topological polar surface area (TPSA) is 149 Å². The normalized spacial score (nSPS) is 10.9. The molecule has 0 aliphatic heterocycles. The molecule has 1 heterocycles. The third-order valence-corrected chi connectivity index (χ3v) is 2.57. The molecule has 0 saturated heterocycles. The molecule has 2 aromatic rings. The van der Waals surface area contributed by atoms with E-state index in [-0.39, 0.29) is 22.8 Å². The summed E-state index contributed by atoms with van der Waals surface area (Å²) in [7, 11) is 0. The molecule has 1 aromatic carbocycles. The summed E-state index contributed by atoms with van der Waals surface area (Å²) in [6.45, 7) is 0. The van der Waals surface area contributed by atoms with Crippen LogP contribution in [0.25, 0.3) is 12.2 Å². The average molecular weight is 291 g/mol. The number of nitrogens with one attached hydrogen (secondary N) is 2. The van der Waals surface area contributed by atoms with Gasteiger partial charge in [0.1, 0.15) is 17.2 Å². The molecule has 0 aliphatic carbocycles. The number of benzene rings is 1. The van der Waals surface area contributed by atoms with Crippen molar-refractivity contribution in [1.29, 1.82) is 0 Å². The molecular formula is C12H9N3O6. The molecule has 0 bridgehead atoms. The minimum atomic E-state index is -1.14. The molecule has 0 unspecified atom stereocenters. The lowest BCUT2D eigenvalue weighted by atomic mass is 10.1. The average Bonchev–Trinajstić information content (AvgIpc) is 2.38. The van der Waals surface area contributed by atoms with Crippen LogP contribution in [-0.4, -0.2) is 25.1 Å². The van der Waals surface area contributed by atoms with Crippen LogP contribution in [0.5, 0.6) is 11.5 Å². The highest BCUT2D eigenvalue weighted by atomic mass is 16.6. The zero-order valence-corrected chi connectivity index (χ0v) is 10.4. The first-order valence-corrected chi connectivity index (χ1v) is 5.59. The number of rotatable bonds is 3. The number of phenols is 2. The number of phenolic OH excluding ortho intramolecular Hbond substituents is 2. The van der Waals surface area contributed by atoms with Gasteiger partial charge in [-0.2, -0.15) is 0 Å². The molecule has 9 heteroatoms. The quantitative estimate of drug-likeness (QED) is 0.368. The van der Waals surface area contributed by atoms with Crippen molar-refractivity contribution < 1.29 is 15.1 Å². The summed E-state index contributed by atoms with van der Waals surface area (Å²) in [6, 6.07) is 3.69. The summed E-state index contributed by atoms with van der Waals surface area (Å²) in [6.07, 6.45) is 2.30. The summed E-state index contributed by atoms with van der Waals surface area (Å²) >= 11 is 0. The number of aromatic nitrogens is 2. The predicted molar refractivity (Wildman–Crippen MR) is 73.0 cm³/mol. The lowest BCUT2D eigenvalue weighted by Crippen LogP contribution is -2.25. The number of nitrogens with zero attached hydrogens (tertiary/aromatic N) is 1. The second-order valence-electron chi connectivity index (χ2n) is 4.00. The van der Waals surface area contributed by atoms with Gasteiger partial charge in [0.15, 0.2) is 0 Å². The maximum absolute atomic E-state index is 11.4. The maximum atomic E-state index is 11.4. The van der Waals surface area contributed by atoms with Crippen LogP contribution in [0.1, 0.15) is 11.3 Å². The molecule has 0 amide bonds. The van der Waals surface area contributed by atoms with Crippen LogP contribution in [0.2, 0.25) is 0 Å². The maximum Gasteiger partial charge on any atom is 0.357 e. The van der Waals surface area contributed by atoms with Crippen LogP contribution in [-0.2, 0) is 0 Å². The lowest BCUT2D eigenvalue weighted by molar-refractivity contribution is -0.386. The van der Waals surface area contributed by atoms with Gasteiger partial charge in [-0.3, -0.25) is 19.9 Å². The first kappa shape index (κ1) is 14.1. The Morgan fingerprint density at radius 2 is 1.86 bits per heavy atom. The summed E-state index contributed by atoms with van der Waals surface area (Å²) in [5.41, 5.74) is -3.03. The van der Waals surface area contributed by atoms with Crippen LogP contribution in [0, 0.1) is 10.1 Å². The van der Waals surface area contributed by atoms with Crippen LogP contribution in [0.15, 0.2) is 27.8 Å². The van der Waals surface area contributed by atoms with Crippen molar-refractivity contribution >= 4 is 17.8 Å². The Kier molecular flexibility index (Phi) is 3.57. The predicted octanol–water partition coefficient (Wildman–Crippen LogP) is 0.553. The summed E-state index contributed by atoms with van der Waals surface area (Å²) < 4.78 is 0. The second kappa shape index (κ2) is 5.33. The fourth-order valence-electron chi connectivity index (χ4n) is 1.65. The van der Waals surface area contributed by atoms with Crippen LogP contribution in [0.3, 0.4) is 0 Å². The van der Waals surface area contributed by atoms with Crippen molar-refractivity contribution in [3.63, 3.8) is 0 Å². The number of hydrogen-bond donors (Lipinski definition) is 4. The van der Waals surface area contributed by atoms with Gasteiger partial charge in [-0.05, 0) is 30.4 Å². The molecule has 0 radical (unpaired) electrons. The van der Waals surface area contributed by atoms with E-state index in [2.05, 4.69) is 4.98 Å². The van der Waals surface area contributed by atoms with Gasteiger partial charge in [-0.25, -0.2) is 4.79 Å². The van der Waals surface area contributed by atoms with E-state index in [1.807, 2.05) is 0 Å². The van der Waals surface area contributed by atoms with Gasteiger partial charge in [-0.15, -0.1) is 0 Å². The molecule has 0 fully saturated rings. The monoisotopic (exact) mass is 291 g/mol. The standard InChI is InChI=1S/C12H9N3O6/c16-7-2-4-9(17)6(5-7)1-3-8-10(15(20)21)11(18)14-12(19)13-8/h1-5,16-17H,(H2,13,14,18,19)/b3-1+. The molecule has 0 saturated carbocycles. The molecule has 1 aromatic heterocycles. The number of aromatic amines is 2. The van der Waals surface area contributed by atoms with Crippen LogP contribution < -0.4 is 11.2 Å². The second-order valence-corrected chi connectivity index (χ2v) is 4.00. The summed E-state index contributed by atoms with van der Waals surface area (Å²) in [4.78, 5) is 36.3. The SMILES string of the molecule is O=c1[nH]c(/C=C/c2cc(O)ccc2O)c([N+](=O)[O-])c(=O)[nH]1. The highest BCUT2D eigenvalue weighted by Gasteiger charge is 2.18. The van der Waals surface area contributed by atoms with E-state index in [1.54, 1.807) is 4.98 Å². The van der Waals surface area contributed by atoms with E-state index in [0.29, 0.717) is 0 Å². The number of nitro groups is 1. The van der Waals surface area contributed by atoms with Crippen molar-refractivity contribution in [3.8, 4) is 11.5 Å². The third kappa shape index (κ3) is 2.97. The van der Waals surface area contributed by atoms with Gasteiger partial charge in [0.25, 0.3) is 0 Å². The smallest absolute Gasteiger partial charge is 0.357 e. The Morgan fingerprint density at radius 3 is 2.52 bits per heavy atom. The van der Waals surface area contributed by atoms with E-state index < -0.39 is 21.9 Å². The van der Waals surface area contributed by atoms with E-state index in [0.717, 1.165) is 6.08 Å². The molecule has 9 nitrogen and oxygen atoms in total. The Morgan fingerprint density at radius 1 is 1.14 bits per heavy atom. The van der Waals surface area contributed by atoms with Crippen LogP contribution in [0.4, 0.5) is 5.69 Å². The van der Waals surface area contributed by atoms with E-state index in [1.165, 1.54) is 24.3 Å². The van der Waals surface area contributed by atoms with Gasteiger partial charge < -0.3 is 15.2 Å². The third-order valence-electron chi connectivity index (χ3n) is 2.57. The lowest BCUT2D eigenvalue weighted by Gasteiger charge is -2.00. The van der Waals surface area contributed by atoms with E-state index in [4.69, 9.17) is 0 Å². The molecule has 0 aliphatic rings. The van der Waals surface area contributed by atoms with Crippen molar-refractivity contribution in [2.45, 2.75) is 0 Å². The van der Waals surface area contributed by atoms with Gasteiger partial charge in [-0.1, -0.05) is 0 Å². The van der Waals surface area contributed by atoms with Crippen LogP contribution >= 0.6 is 0 Å². The molecule has 0 atom stereocenters. The zero-order chi connectivity index (χ0) is 15.6. The van der Waals surface area contributed by atoms with Gasteiger partial charge in [0.05, 0.1) is 4.92 Å². The number of H-pyrrole nitrogens is 2. The van der Waals surface area contributed by atoms with E-state index in [9.17, 15) is 29.9 Å². The number of hydrogen-bond acceptors (Lipinski definition) is 6. The number of aromatic hydroxyl groups is 2. The highest BCUT2D eigenvalue weighted by Crippen LogP contribution is 2.24. The molecule has 4 N–H and O–H groups in total. The van der Waals surface area contributed by atoms with Crippen molar-refractivity contribution in [3.05, 3.63) is 60.4 Å². The summed E-state index contributed by atoms with van der Waals surface area (Å²) in [5.74, 6) is -0.305.